The highest BCUT2D eigenvalue weighted by atomic mass is 32.2. The van der Waals surface area contributed by atoms with E-state index in [9.17, 15) is 8.42 Å². The number of nitrogens with zero attached hydrogens (tertiary/aromatic N) is 1. The van der Waals surface area contributed by atoms with Gasteiger partial charge in [-0.25, -0.2) is 8.42 Å². The van der Waals surface area contributed by atoms with E-state index >= 15 is 0 Å². The lowest BCUT2D eigenvalue weighted by Crippen LogP contribution is -2.41. The van der Waals surface area contributed by atoms with Crippen molar-refractivity contribution in [2.24, 2.45) is 0 Å². The molecule has 2 aromatic rings. The lowest BCUT2D eigenvalue weighted by molar-refractivity contribution is 0.302. The van der Waals surface area contributed by atoms with E-state index in [1.807, 2.05) is 58.0 Å². The van der Waals surface area contributed by atoms with E-state index in [0.29, 0.717) is 4.90 Å². The van der Waals surface area contributed by atoms with Gasteiger partial charge in [-0.15, -0.1) is 0 Å². The second-order valence-corrected chi connectivity index (χ2v) is 7.37. The van der Waals surface area contributed by atoms with E-state index < -0.39 is 10.0 Å². The van der Waals surface area contributed by atoms with Crippen LogP contribution in [0.15, 0.2) is 47.4 Å². The molecule has 0 atom stereocenters. The van der Waals surface area contributed by atoms with E-state index in [2.05, 4.69) is 0 Å². The van der Waals surface area contributed by atoms with Crippen LogP contribution in [-0.2, 0) is 10.0 Å². The summed E-state index contributed by atoms with van der Waals surface area (Å²) in [5.74, 6) is 0. The number of sulfonamides is 1. The number of hydrogen-bond donors (Lipinski definition) is 0. The van der Waals surface area contributed by atoms with Crippen LogP contribution in [0.2, 0.25) is 0 Å². The minimum atomic E-state index is -3.46. The van der Waals surface area contributed by atoms with Gasteiger partial charge in [0.2, 0.25) is 10.0 Å². The largest absolute Gasteiger partial charge is 0.243 e. The maximum atomic E-state index is 12.8. The first-order chi connectivity index (χ1) is 9.34. The van der Waals surface area contributed by atoms with Crippen LogP contribution in [0, 0.1) is 0 Å². The molecule has 2 rings (SSSR count). The summed E-state index contributed by atoms with van der Waals surface area (Å²) in [4.78, 5) is 0.360. The van der Waals surface area contributed by atoms with Gasteiger partial charge in [-0.1, -0.05) is 30.3 Å². The Labute approximate surface area is 121 Å². The van der Waals surface area contributed by atoms with Crippen LogP contribution in [0.25, 0.3) is 10.8 Å². The van der Waals surface area contributed by atoms with Crippen molar-refractivity contribution in [3.63, 3.8) is 0 Å². The van der Waals surface area contributed by atoms with Gasteiger partial charge in [-0.3, -0.25) is 0 Å². The molecule has 0 heterocycles. The van der Waals surface area contributed by atoms with Crippen molar-refractivity contribution >= 4 is 20.8 Å². The fraction of sp³-hybridized carbons (Fsp3) is 0.375. The molecule has 0 aliphatic rings. The quantitative estimate of drug-likeness (QED) is 0.862. The van der Waals surface area contributed by atoms with Crippen molar-refractivity contribution in [2.45, 2.75) is 44.7 Å². The van der Waals surface area contributed by atoms with Crippen molar-refractivity contribution in [3.05, 3.63) is 42.5 Å². The molecule has 0 aromatic heterocycles. The Kier molecular flexibility index (Phi) is 4.16. The van der Waals surface area contributed by atoms with Crippen molar-refractivity contribution in [3.8, 4) is 0 Å². The zero-order valence-electron chi connectivity index (χ0n) is 12.4. The third kappa shape index (κ3) is 2.72. The van der Waals surface area contributed by atoms with Crippen molar-refractivity contribution in [1.82, 2.24) is 4.31 Å². The zero-order chi connectivity index (χ0) is 14.9. The molecule has 0 radical (unpaired) electrons. The summed E-state index contributed by atoms with van der Waals surface area (Å²) in [6, 6.07) is 13.0. The summed E-state index contributed by atoms with van der Waals surface area (Å²) in [7, 11) is -3.46. The minimum Gasteiger partial charge on any atom is -0.207 e. The summed E-state index contributed by atoms with van der Waals surface area (Å²) in [6.07, 6.45) is 0. The molecule has 4 heteroatoms. The summed E-state index contributed by atoms with van der Waals surface area (Å²) in [5, 5.41) is 1.99. The molecule has 0 fully saturated rings. The molecule has 3 nitrogen and oxygen atoms in total. The third-order valence-corrected chi connectivity index (χ3v) is 5.56. The van der Waals surface area contributed by atoms with Gasteiger partial charge in [0.1, 0.15) is 0 Å². The van der Waals surface area contributed by atoms with E-state index in [-0.39, 0.29) is 12.1 Å². The molecule has 0 unspecified atom stereocenters. The van der Waals surface area contributed by atoms with Crippen LogP contribution < -0.4 is 0 Å². The van der Waals surface area contributed by atoms with Gasteiger partial charge in [0.05, 0.1) is 4.90 Å². The molecular weight excluding hydrogens is 270 g/mol. The first-order valence-corrected chi connectivity index (χ1v) is 8.30. The number of hydrogen-bond acceptors (Lipinski definition) is 2. The van der Waals surface area contributed by atoms with Gasteiger partial charge in [0.25, 0.3) is 0 Å². The Bertz CT molecular complexity index is 697. The Morgan fingerprint density at radius 2 is 1.40 bits per heavy atom. The van der Waals surface area contributed by atoms with E-state index in [4.69, 9.17) is 0 Å². The maximum absolute atomic E-state index is 12.8. The third-order valence-electron chi connectivity index (χ3n) is 3.31. The summed E-state index contributed by atoms with van der Waals surface area (Å²) >= 11 is 0. The molecule has 0 amide bonds. The summed E-state index contributed by atoms with van der Waals surface area (Å²) in [6.45, 7) is 7.61. The van der Waals surface area contributed by atoms with Crippen molar-refractivity contribution in [1.29, 1.82) is 0 Å². The Morgan fingerprint density at radius 1 is 0.850 bits per heavy atom. The number of fused-ring (bicyclic) bond motifs is 1. The van der Waals surface area contributed by atoms with Crippen molar-refractivity contribution < 1.29 is 8.42 Å². The van der Waals surface area contributed by atoms with Crippen molar-refractivity contribution in [2.75, 3.05) is 0 Å². The highest BCUT2D eigenvalue weighted by molar-refractivity contribution is 7.89. The van der Waals surface area contributed by atoms with Gasteiger partial charge < -0.3 is 0 Å². The molecule has 20 heavy (non-hydrogen) atoms. The molecule has 0 spiro atoms. The fourth-order valence-corrected chi connectivity index (χ4v) is 4.47. The molecule has 0 aliphatic carbocycles. The van der Waals surface area contributed by atoms with E-state index in [0.717, 1.165) is 10.8 Å². The van der Waals surface area contributed by atoms with Gasteiger partial charge in [-0.05, 0) is 50.6 Å². The molecule has 0 saturated heterocycles. The first kappa shape index (κ1) is 15.0. The molecule has 0 N–H and O–H groups in total. The van der Waals surface area contributed by atoms with Crippen LogP contribution in [0.1, 0.15) is 27.7 Å². The topological polar surface area (TPSA) is 37.4 Å². The first-order valence-electron chi connectivity index (χ1n) is 6.86. The van der Waals surface area contributed by atoms with Crippen LogP contribution in [0.4, 0.5) is 0 Å². The molecule has 2 aromatic carbocycles. The maximum Gasteiger partial charge on any atom is 0.243 e. The summed E-state index contributed by atoms with van der Waals surface area (Å²) in [5.41, 5.74) is 0. The van der Waals surface area contributed by atoms with Gasteiger partial charge >= 0.3 is 0 Å². The number of benzene rings is 2. The molecule has 0 bridgehead atoms. The van der Waals surface area contributed by atoms with Crippen LogP contribution in [-0.4, -0.2) is 24.8 Å². The van der Waals surface area contributed by atoms with Gasteiger partial charge in [-0.2, -0.15) is 4.31 Å². The Morgan fingerprint density at radius 3 is 1.95 bits per heavy atom. The molecule has 0 saturated carbocycles. The number of rotatable bonds is 4. The average molecular weight is 291 g/mol. The molecular formula is C16H21NO2S. The predicted octanol–water partition coefficient (Wildman–Crippen LogP) is 3.65. The smallest absolute Gasteiger partial charge is 0.207 e. The average Bonchev–Trinajstić information content (AvgIpc) is 2.36. The summed E-state index contributed by atoms with van der Waals surface area (Å²) < 4.78 is 27.1. The second kappa shape index (κ2) is 5.54. The highest BCUT2D eigenvalue weighted by Crippen LogP contribution is 2.24. The Hall–Kier alpha value is -1.39. The Balaban J connectivity index is 2.56. The van der Waals surface area contributed by atoms with E-state index in [1.54, 1.807) is 16.4 Å². The van der Waals surface area contributed by atoms with Gasteiger partial charge in [0.15, 0.2) is 0 Å². The molecule has 0 aliphatic heterocycles. The minimum absolute atomic E-state index is 0.0635. The standard InChI is InChI=1S/C16H21NO2S/c1-12(2)17(13(3)4)20(18,19)16-10-9-14-7-5-6-8-15(14)11-16/h5-13H,1-4H3. The second-order valence-electron chi connectivity index (χ2n) is 5.53. The van der Waals surface area contributed by atoms with Crippen LogP contribution in [0.5, 0.6) is 0 Å². The normalized spacial score (nSPS) is 12.8. The monoisotopic (exact) mass is 291 g/mol. The fourth-order valence-electron chi connectivity index (χ4n) is 2.60. The van der Waals surface area contributed by atoms with Crippen LogP contribution >= 0.6 is 0 Å². The zero-order valence-corrected chi connectivity index (χ0v) is 13.2. The predicted molar refractivity (Wildman–Crippen MR) is 83.2 cm³/mol. The SMILES string of the molecule is CC(C)N(C(C)C)S(=O)(=O)c1ccc2ccccc2c1. The molecule has 108 valence electrons. The lowest BCUT2D eigenvalue weighted by atomic mass is 10.1. The van der Waals surface area contributed by atoms with Gasteiger partial charge in [0, 0.05) is 12.1 Å². The van der Waals surface area contributed by atoms with E-state index in [1.165, 1.54) is 0 Å². The lowest BCUT2D eigenvalue weighted by Gasteiger charge is -2.29. The highest BCUT2D eigenvalue weighted by Gasteiger charge is 2.29. The van der Waals surface area contributed by atoms with Crippen LogP contribution in [0.3, 0.4) is 0 Å².